The number of nitrogens with zero attached hydrogens (tertiary/aromatic N) is 2. The fraction of sp³-hybridized carbons (Fsp3) is 0.214. The molecule has 2 aromatic rings. The Kier molecular flexibility index (Phi) is 4.70. The number of methoxy groups -OCH3 is 1. The van der Waals surface area contributed by atoms with Gasteiger partial charge < -0.3 is 10.1 Å². The minimum atomic E-state index is -0.484. The lowest BCUT2D eigenvalue weighted by Gasteiger charge is -2.14. The van der Waals surface area contributed by atoms with Gasteiger partial charge in [0.1, 0.15) is 0 Å². The van der Waals surface area contributed by atoms with Gasteiger partial charge in [-0.25, -0.2) is 4.39 Å². The molecule has 0 aliphatic carbocycles. The number of hydrogen-bond acceptors (Lipinski definition) is 4. The van der Waals surface area contributed by atoms with Crippen molar-refractivity contribution in [3.8, 4) is 5.75 Å². The molecule has 7 heteroatoms. The number of halogens is 2. The Hall–Kier alpha value is -2.21. The third-order valence-electron chi connectivity index (χ3n) is 2.89. The fourth-order valence-electron chi connectivity index (χ4n) is 1.74. The molecule has 1 aromatic carbocycles. The van der Waals surface area contributed by atoms with Crippen molar-refractivity contribution in [3.05, 3.63) is 52.6 Å². The zero-order chi connectivity index (χ0) is 15.4. The van der Waals surface area contributed by atoms with Gasteiger partial charge in [0.15, 0.2) is 22.4 Å². The minimum absolute atomic E-state index is 0.139. The summed E-state index contributed by atoms with van der Waals surface area (Å²) < 4.78 is 18.5. The van der Waals surface area contributed by atoms with E-state index in [-0.39, 0.29) is 16.6 Å². The van der Waals surface area contributed by atoms with Crippen LogP contribution in [0.3, 0.4) is 0 Å². The quantitative estimate of drug-likeness (QED) is 0.943. The molecule has 0 fully saturated rings. The Morgan fingerprint density at radius 3 is 2.67 bits per heavy atom. The van der Waals surface area contributed by atoms with E-state index in [4.69, 9.17) is 16.3 Å². The molecular formula is C14H13ClFN3O2. The van der Waals surface area contributed by atoms with Gasteiger partial charge in [-0.1, -0.05) is 17.7 Å². The van der Waals surface area contributed by atoms with Crippen LogP contribution in [-0.4, -0.2) is 23.2 Å². The molecule has 0 radical (unpaired) electrons. The van der Waals surface area contributed by atoms with Crippen molar-refractivity contribution in [1.29, 1.82) is 0 Å². The zero-order valence-electron chi connectivity index (χ0n) is 11.4. The molecule has 21 heavy (non-hydrogen) atoms. The van der Waals surface area contributed by atoms with E-state index < -0.39 is 17.8 Å². The third-order valence-corrected chi connectivity index (χ3v) is 3.09. The van der Waals surface area contributed by atoms with Crippen molar-refractivity contribution in [2.45, 2.75) is 13.0 Å². The lowest BCUT2D eigenvalue weighted by Crippen LogP contribution is -2.27. The van der Waals surface area contributed by atoms with Crippen LogP contribution in [0.1, 0.15) is 29.0 Å². The van der Waals surface area contributed by atoms with E-state index in [1.165, 1.54) is 31.4 Å². The van der Waals surface area contributed by atoms with E-state index in [9.17, 15) is 9.18 Å². The first kappa shape index (κ1) is 15.2. The monoisotopic (exact) mass is 309 g/mol. The topological polar surface area (TPSA) is 64.1 Å². The SMILES string of the molecule is COc1ccc(C(C)NC(=O)c2ccc(Cl)nn2)cc1F. The number of hydrogen-bond donors (Lipinski definition) is 1. The van der Waals surface area contributed by atoms with Gasteiger partial charge >= 0.3 is 0 Å². The third kappa shape index (κ3) is 3.66. The highest BCUT2D eigenvalue weighted by Gasteiger charge is 2.14. The predicted octanol–water partition coefficient (Wildman–Crippen LogP) is 2.77. The summed E-state index contributed by atoms with van der Waals surface area (Å²) in [5, 5.41) is 10.2. The van der Waals surface area contributed by atoms with Crippen LogP contribution in [-0.2, 0) is 0 Å². The van der Waals surface area contributed by atoms with E-state index in [2.05, 4.69) is 15.5 Å². The summed E-state index contributed by atoms with van der Waals surface area (Å²) in [7, 11) is 1.39. The maximum atomic E-state index is 13.6. The van der Waals surface area contributed by atoms with Crippen LogP contribution in [0.15, 0.2) is 30.3 Å². The molecule has 0 aliphatic heterocycles. The maximum Gasteiger partial charge on any atom is 0.272 e. The number of ether oxygens (including phenoxy) is 1. The van der Waals surface area contributed by atoms with Gasteiger partial charge in [0.05, 0.1) is 13.2 Å². The normalized spacial score (nSPS) is 11.8. The average Bonchev–Trinajstić information content (AvgIpc) is 2.47. The second-order valence-electron chi connectivity index (χ2n) is 4.33. The zero-order valence-corrected chi connectivity index (χ0v) is 12.2. The fourth-order valence-corrected chi connectivity index (χ4v) is 1.84. The van der Waals surface area contributed by atoms with Crippen LogP contribution in [0.25, 0.3) is 0 Å². The van der Waals surface area contributed by atoms with Crippen LogP contribution in [0.5, 0.6) is 5.75 Å². The summed E-state index contributed by atoms with van der Waals surface area (Å²) in [6.07, 6.45) is 0. The molecule has 1 amide bonds. The van der Waals surface area contributed by atoms with Crippen molar-refractivity contribution in [3.63, 3.8) is 0 Å². The Labute approximate surface area is 126 Å². The van der Waals surface area contributed by atoms with Gasteiger partial charge in [-0.05, 0) is 36.8 Å². The molecule has 5 nitrogen and oxygen atoms in total. The Morgan fingerprint density at radius 1 is 1.33 bits per heavy atom. The van der Waals surface area contributed by atoms with Gasteiger partial charge in [0.2, 0.25) is 0 Å². The van der Waals surface area contributed by atoms with Gasteiger partial charge in [0.25, 0.3) is 5.91 Å². The number of aromatic nitrogens is 2. The molecule has 1 unspecified atom stereocenters. The van der Waals surface area contributed by atoms with E-state index in [1.807, 2.05) is 0 Å². The first-order valence-corrected chi connectivity index (χ1v) is 6.52. The molecule has 0 aliphatic rings. The molecule has 2 rings (SSSR count). The summed E-state index contributed by atoms with van der Waals surface area (Å²) >= 11 is 5.61. The van der Waals surface area contributed by atoms with Gasteiger partial charge in [0, 0.05) is 0 Å². The molecule has 1 atom stereocenters. The van der Waals surface area contributed by atoms with Crippen LogP contribution in [0.4, 0.5) is 4.39 Å². The van der Waals surface area contributed by atoms with Crippen LogP contribution >= 0.6 is 11.6 Å². The number of carbonyl (C=O) groups is 1. The number of amides is 1. The Balaban J connectivity index is 2.10. The van der Waals surface area contributed by atoms with Crippen LogP contribution in [0.2, 0.25) is 5.15 Å². The van der Waals surface area contributed by atoms with Crippen molar-refractivity contribution < 1.29 is 13.9 Å². The summed E-state index contributed by atoms with van der Waals surface area (Å²) in [6.45, 7) is 1.74. The predicted molar refractivity (Wildman–Crippen MR) is 75.9 cm³/mol. The molecule has 0 bridgehead atoms. The smallest absolute Gasteiger partial charge is 0.272 e. The second kappa shape index (κ2) is 6.49. The highest BCUT2D eigenvalue weighted by molar-refractivity contribution is 6.29. The Morgan fingerprint density at radius 2 is 2.10 bits per heavy atom. The van der Waals surface area contributed by atoms with Gasteiger partial charge in [-0.2, -0.15) is 0 Å². The van der Waals surface area contributed by atoms with Crippen molar-refractivity contribution in [1.82, 2.24) is 15.5 Å². The minimum Gasteiger partial charge on any atom is -0.494 e. The van der Waals surface area contributed by atoms with Gasteiger partial charge in [-0.3, -0.25) is 4.79 Å². The van der Waals surface area contributed by atoms with E-state index in [0.717, 1.165) is 0 Å². The molecular weight excluding hydrogens is 297 g/mol. The number of carbonyl (C=O) groups excluding carboxylic acids is 1. The summed E-state index contributed by atoms with van der Waals surface area (Å²) in [5.41, 5.74) is 0.754. The van der Waals surface area contributed by atoms with Crippen LogP contribution < -0.4 is 10.1 Å². The molecule has 0 saturated heterocycles. The van der Waals surface area contributed by atoms with Crippen LogP contribution in [0, 0.1) is 5.82 Å². The largest absolute Gasteiger partial charge is 0.494 e. The summed E-state index contributed by atoms with van der Waals surface area (Å²) in [4.78, 5) is 12.0. The highest BCUT2D eigenvalue weighted by Crippen LogP contribution is 2.21. The lowest BCUT2D eigenvalue weighted by molar-refractivity contribution is 0.0933. The first-order valence-electron chi connectivity index (χ1n) is 6.15. The summed E-state index contributed by atoms with van der Waals surface area (Å²) in [6, 6.07) is 7.05. The number of nitrogens with one attached hydrogen (secondary N) is 1. The molecule has 1 heterocycles. The van der Waals surface area contributed by atoms with E-state index in [0.29, 0.717) is 5.56 Å². The van der Waals surface area contributed by atoms with E-state index in [1.54, 1.807) is 13.0 Å². The van der Waals surface area contributed by atoms with Crippen molar-refractivity contribution >= 4 is 17.5 Å². The lowest BCUT2D eigenvalue weighted by atomic mass is 10.1. The van der Waals surface area contributed by atoms with Gasteiger partial charge in [-0.15, -0.1) is 10.2 Å². The second-order valence-corrected chi connectivity index (χ2v) is 4.72. The molecule has 0 spiro atoms. The van der Waals surface area contributed by atoms with Crippen molar-refractivity contribution in [2.75, 3.05) is 7.11 Å². The highest BCUT2D eigenvalue weighted by atomic mass is 35.5. The maximum absolute atomic E-state index is 13.6. The molecule has 1 N–H and O–H groups in total. The van der Waals surface area contributed by atoms with Crippen molar-refractivity contribution in [2.24, 2.45) is 0 Å². The number of rotatable bonds is 4. The standard InChI is InChI=1S/C14H13ClFN3O2/c1-8(9-3-5-12(21-2)10(16)7-9)17-14(20)11-4-6-13(15)19-18-11/h3-8H,1-2H3,(H,17,20). The number of benzene rings is 1. The molecule has 1 aromatic heterocycles. The average molecular weight is 310 g/mol. The van der Waals surface area contributed by atoms with E-state index >= 15 is 0 Å². The summed E-state index contributed by atoms with van der Waals surface area (Å²) in [5.74, 6) is -0.744. The first-order chi connectivity index (χ1) is 10.0. The molecule has 0 saturated carbocycles. The Bertz CT molecular complexity index is 649. The molecule has 110 valence electrons.